The number of carboxylic acids is 1. The fourth-order valence-electron chi connectivity index (χ4n) is 2.13. The average molecular weight is 272 g/mol. The summed E-state index contributed by atoms with van der Waals surface area (Å²) >= 11 is 5.90. The van der Waals surface area contributed by atoms with Crippen molar-refractivity contribution in [2.75, 3.05) is 13.1 Å². The lowest BCUT2D eigenvalue weighted by atomic mass is 9.98. The molecule has 1 heterocycles. The molecule has 0 aliphatic carbocycles. The first-order chi connectivity index (χ1) is 8.49. The maximum absolute atomic E-state index is 12.9. The highest BCUT2D eigenvalue weighted by Gasteiger charge is 2.34. The van der Waals surface area contributed by atoms with Gasteiger partial charge in [-0.15, -0.1) is 0 Å². The summed E-state index contributed by atoms with van der Waals surface area (Å²) in [4.78, 5) is 23.8. The summed E-state index contributed by atoms with van der Waals surface area (Å²) in [7, 11) is 0. The number of nitrogens with zero attached hydrogens (tertiary/aromatic N) is 1. The van der Waals surface area contributed by atoms with E-state index >= 15 is 0 Å². The van der Waals surface area contributed by atoms with E-state index in [1.807, 2.05) is 0 Å². The standard InChI is InChI=1S/C12H11ClFNO3/c13-10-5-7(14)1-2-8(10)9-3-4-15(12(9)18)6-11(16)17/h1-2,5,9H,3-4,6H2,(H,16,17). The van der Waals surface area contributed by atoms with E-state index in [0.717, 1.165) is 6.07 Å². The van der Waals surface area contributed by atoms with Crippen LogP contribution in [0.1, 0.15) is 17.9 Å². The van der Waals surface area contributed by atoms with Crippen LogP contribution in [-0.4, -0.2) is 35.0 Å². The molecule has 1 aliphatic heterocycles. The molecule has 4 nitrogen and oxygen atoms in total. The molecule has 1 N–H and O–H groups in total. The second-order valence-electron chi connectivity index (χ2n) is 4.16. The lowest BCUT2D eigenvalue weighted by Gasteiger charge is -2.14. The number of hydrogen-bond donors (Lipinski definition) is 1. The van der Waals surface area contributed by atoms with E-state index in [1.54, 1.807) is 0 Å². The lowest BCUT2D eigenvalue weighted by molar-refractivity contribution is -0.143. The molecule has 0 spiro atoms. The van der Waals surface area contributed by atoms with Crippen molar-refractivity contribution in [3.63, 3.8) is 0 Å². The van der Waals surface area contributed by atoms with Gasteiger partial charge >= 0.3 is 5.97 Å². The molecule has 1 amide bonds. The molecule has 1 saturated heterocycles. The smallest absolute Gasteiger partial charge is 0.323 e. The van der Waals surface area contributed by atoms with Crippen LogP contribution in [0.25, 0.3) is 0 Å². The summed E-state index contributed by atoms with van der Waals surface area (Å²) in [5, 5.41) is 8.87. The Kier molecular flexibility index (Phi) is 3.52. The van der Waals surface area contributed by atoms with E-state index in [0.29, 0.717) is 18.5 Å². The van der Waals surface area contributed by atoms with Gasteiger partial charge in [-0.05, 0) is 24.1 Å². The summed E-state index contributed by atoms with van der Waals surface area (Å²) in [6, 6.07) is 3.88. The number of rotatable bonds is 3. The minimum atomic E-state index is -1.05. The Morgan fingerprint density at radius 2 is 2.28 bits per heavy atom. The van der Waals surface area contributed by atoms with Crippen LogP contribution in [0.3, 0.4) is 0 Å². The van der Waals surface area contributed by atoms with Gasteiger partial charge in [-0.3, -0.25) is 9.59 Å². The highest BCUT2D eigenvalue weighted by atomic mass is 35.5. The summed E-state index contributed by atoms with van der Waals surface area (Å²) in [5.41, 5.74) is 0.552. The molecule has 1 fully saturated rings. The largest absolute Gasteiger partial charge is 0.480 e. The molecule has 2 rings (SSSR count). The predicted molar refractivity (Wildman–Crippen MR) is 63.0 cm³/mol. The van der Waals surface area contributed by atoms with Crippen molar-refractivity contribution in [2.45, 2.75) is 12.3 Å². The SMILES string of the molecule is O=C(O)CN1CCC(c2ccc(F)cc2Cl)C1=O. The molecule has 1 atom stereocenters. The van der Waals surface area contributed by atoms with Crippen molar-refractivity contribution in [3.8, 4) is 0 Å². The quantitative estimate of drug-likeness (QED) is 0.913. The molecular weight excluding hydrogens is 261 g/mol. The van der Waals surface area contributed by atoms with Gasteiger partial charge in [0.05, 0.1) is 5.92 Å². The topological polar surface area (TPSA) is 57.6 Å². The number of halogens is 2. The van der Waals surface area contributed by atoms with Gasteiger partial charge in [-0.1, -0.05) is 17.7 Å². The van der Waals surface area contributed by atoms with Crippen LogP contribution in [0.15, 0.2) is 18.2 Å². The third-order valence-electron chi connectivity index (χ3n) is 2.96. The fourth-order valence-corrected chi connectivity index (χ4v) is 2.43. The van der Waals surface area contributed by atoms with Crippen LogP contribution < -0.4 is 0 Å². The third-order valence-corrected chi connectivity index (χ3v) is 3.29. The number of likely N-dealkylation sites (tertiary alicyclic amines) is 1. The third kappa shape index (κ3) is 2.46. The van der Waals surface area contributed by atoms with Crippen molar-refractivity contribution in [1.82, 2.24) is 4.90 Å². The van der Waals surface area contributed by atoms with Crippen LogP contribution in [0.5, 0.6) is 0 Å². The van der Waals surface area contributed by atoms with Crippen LogP contribution in [-0.2, 0) is 9.59 Å². The lowest BCUT2D eigenvalue weighted by Crippen LogP contribution is -2.32. The number of carboxylic acid groups (broad SMARTS) is 1. The summed E-state index contributed by atoms with van der Waals surface area (Å²) in [5.74, 6) is -2.26. The molecule has 0 radical (unpaired) electrons. The zero-order chi connectivity index (χ0) is 13.3. The van der Waals surface area contributed by atoms with Crippen LogP contribution >= 0.6 is 11.6 Å². The summed E-state index contributed by atoms with van der Waals surface area (Å²) < 4.78 is 12.9. The Balaban J connectivity index is 2.20. The zero-order valence-electron chi connectivity index (χ0n) is 9.40. The average Bonchev–Trinajstić information content (AvgIpc) is 2.60. The predicted octanol–water partition coefficient (Wildman–Crippen LogP) is 1.88. The highest BCUT2D eigenvalue weighted by molar-refractivity contribution is 6.31. The Bertz CT molecular complexity index is 506. The summed E-state index contributed by atoms with van der Waals surface area (Å²) in [6.07, 6.45) is 0.497. The molecule has 1 aromatic rings. The number of carbonyl (C=O) groups excluding carboxylic acids is 1. The number of aliphatic carboxylic acids is 1. The van der Waals surface area contributed by atoms with E-state index in [4.69, 9.17) is 16.7 Å². The Labute approximate surface area is 108 Å². The number of amides is 1. The minimum Gasteiger partial charge on any atom is -0.480 e. The van der Waals surface area contributed by atoms with Gasteiger partial charge in [-0.2, -0.15) is 0 Å². The molecule has 0 saturated carbocycles. The first-order valence-electron chi connectivity index (χ1n) is 5.44. The van der Waals surface area contributed by atoms with Gasteiger partial charge in [0.2, 0.25) is 5.91 Å². The van der Waals surface area contributed by atoms with Gasteiger partial charge in [0.25, 0.3) is 0 Å². The monoisotopic (exact) mass is 271 g/mol. The van der Waals surface area contributed by atoms with E-state index in [1.165, 1.54) is 17.0 Å². The van der Waals surface area contributed by atoms with Gasteiger partial charge in [-0.25, -0.2) is 4.39 Å². The van der Waals surface area contributed by atoms with Gasteiger partial charge in [0.15, 0.2) is 0 Å². The molecule has 0 aromatic heterocycles. The van der Waals surface area contributed by atoms with E-state index in [9.17, 15) is 14.0 Å². The Morgan fingerprint density at radius 1 is 1.56 bits per heavy atom. The van der Waals surface area contributed by atoms with Crippen molar-refractivity contribution < 1.29 is 19.1 Å². The van der Waals surface area contributed by atoms with Crippen molar-refractivity contribution in [3.05, 3.63) is 34.6 Å². The number of benzene rings is 1. The van der Waals surface area contributed by atoms with Crippen molar-refractivity contribution >= 4 is 23.5 Å². The number of carbonyl (C=O) groups is 2. The second-order valence-corrected chi connectivity index (χ2v) is 4.57. The second kappa shape index (κ2) is 4.94. The molecular formula is C12H11ClFNO3. The fraction of sp³-hybridized carbons (Fsp3) is 0.333. The Hall–Kier alpha value is -1.62. The van der Waals surface area contributed by atoms with Crippen molar-refractivity contribution in [1.29, 1.82) is 0 Å². The molecule has 0 bridgehead atoms. The molecule has 1 aliphatic rings. The maximum atomic E-state index is 12.9. The Morgan fingerprint density at radius 3 is 2.89 bits per heavy atom. The van der Waals surface area contributed by atoms with Crippen LogP contribution in [0.4, 0.5) is 4.39 Å². The normalized spacial score (nSPS) is 19.3. The van der Waals surface area contributed by atoms with Crippen LogP contribution in [0.2, 0.25) is 5.02 Å². The molecule has 1 unspecified atom stereocenters. The van der Waals surface area contributed by atoms with Crippen LogP contribution in [0, 0.1) is 5.82 Å². The van der Waals surface area contributed by atoms with Gasteiger partial charge in [0.1, 0.15) is 12.4 Å². The van der Waals surface area contributed by atoms with E-state index in [2.05, 4.69) is 0 Å². The van der Waals surface area contributed by atoms with Crippen molar-refractivity contribution in [2.24, 2.45) is 0 Å². The summed E-state index contributed by atoms with van der Waals surface area (Å²) in [6.45, 7) is 0.0671. The first kappa shape index (κ1) is 12.8. The maximum Gasteiger partial charge on any atom is 0.323 e. The van der Waals surface area contributed by atoms with E-state index < -0.39 is 17.7 Å². The minimum absolute atomic E-state index is 0.200. The number of hydrogen-bond acceptors (Lipinski definition) is 2. The van der Waals surface area contributed by atoms with E-state index in [-0.39, 0.29) is 17.5 Å². The molecule has 1 aromatic carbocycles. The highest BCUT2D eigenvalue weighted by Crippen LogP contribution is 2.33. The molecule has 96 valence electrons. The zero-order valence-corrected chi connectivity index (χ0v) is 10.2. The first-order valence-corrected chi connectivity index (χ1v) is 5.82. The van der Waals surface area contributed by atoms with Gasteiger partial charge < -0.3 is 10.0 Å². The molecule has 6 heteroatoms. The van der Waals surface area contributed by atoms with Gasteiger partial charge in [0, 0.05) is 11.6 Å². The molecule has 18 heavy (non-hydrogen) atoms.